The van der Waals surface area contributed by atoms with Crippen LogP contribution in [0.2, 0.25) is 5.02 Å². The molecule has 1 atom stereocenters. The minimum Gasteiger partial charge on any atom is -0.481 e. The second kappa shape index (κ2) is 6.94. The Hall–Kier alpha value is -1.55. The van der Waals surface area contributed by atoms with Crippen molar-refractivity contribution in [3.63, 3.8) is 0 Å². The zero-order valence-electron chi connectivity index (χ0n) is 12.9. The summed E-state index contributed by atoms with van der Waals surface area (Å²) in [6.45, 7) is 5.52. The van der Waals surface area contributed by atoms with E-state index in [1.807, 2.05) is 19.1 Å². The summed E-state index contributed by atoms with van der Waals surface area (Å²) in [4.78, 5) is 24.8. The smallest absolute Gasteiger partial charge is 0.303 e. The van der Waals surface area contributed by atoms with Crippen LogP contribution in [0.15, 0.2) is 24.3 Å². The molecule has 0 spiro atoms. The molecule has 0 aromatic heterocycles. The van der Waals surface area contributed by atoms with Gasteiger partial charge in [0.25, 0.3) is 0 Å². The second-order valence-electron chi connectivity index (χ2n) is 6.14. The zero-order chi connectivity index (χ0) is 16.2. The SMILES string of the molecule is CC(c1ccc(Cl)cc1)N(C)C(=O)CC(C)(C)CC(=O)O. The molecule has 0 saturated carbocycles. The molecule has 4 nitrogen and oxygen atoms in total. The molecule has 1 aromatic rings. The lowest BCUT2D eigenvalue weighted by molar-refractivity contribution is -0.140. The van der Waals surface area contributed by atoms with E-state index in [1.54, 1.807) is 37.9 Å². The zero-order valence-corrected chi connectivity index (χ0v) is 13.6. The third-order valence-corrected chi connectivity index (χ3v) is 3.84. The predicted octanol–water partition coefficient (Wildman–Crippen LogP) is 3.75. The van der Waals surface area contributed by atoms with Crippen LogP contribution in [0.5, 0.6) is 0 Å². The number of benzene rings is 1. The van der Waals surface area contributed by atoms with E-state index in [4.69, 9.17) is 16.7 Å². The monoisotopic (exact) mass is 311 g/mol. The van der Waals surface area contributed by atoms with Crippen molar-refractivity contribution in [2.24, 2.45) is 5.41 Å². The van der Waals surface area contributed by atoms with Gasteiger partial charge in [-0.2, -0.15) is 0 Å². The number of carbonyl (C=O) groups excluding carboxylic acids is 1. The number of aliphatic carboxylic acids is 1. The average Bonchev–Trinajstić information content (AvgIpc) is 2.35. The first-order chi connectivity index (χ1) is 9.62. The molecular formula is C16H22ClNO3. The molecular weight excluding hydrogens is 290 g/mol. The van der Waals surface area contributed by atoms with Crippen molar-refractivity contribution >= 4 is 23.5 Å². The molecule has 1 N–H and O–H groups in total. The van der Waals surface area contributed by atoms with Crippen LogP contribution < -0.4 is 0 Å². The maximum atomic E-state index is 12.3. The summed E-state index contributed by atoms with van der Waals surface area (Å²) in [5.41, 5.74) is 0.433. The highest BCUT2D eigenvalue weighted by Crippen LogP contribution is 2.28. The lowest BCUT2D eigenvalue weighted by Crippen LogP contribution is -2.33. The van der Waals surface area contributed by atoms with Gasteiger partial charge in [-0.05, 0) is 30.0 Å². The van der Waals surface area contributed by atoms with Gasteiger partial charge in [-0.3, -0.25) is 9.59 Å². The van der Waals surface area contributed by atoms with Crippen molar-refractivity contribution in [3.05, 3.63) is 34.9 Å². The van der Waals surface area contributed by atoms with E-state index in [0.29, 0.717) is 5.02 Å². The van der Waals surface area contributed by atoms with Crippen molar-refractivity contribution in [2.75, 3.05) is 7.05 Å². The van der Waals surface area contributed by atoms with Crippen LogP contribution in [0.1, 0.15) is 45.2 Å². The Morgan fingerprint density at radius 2 is 1.76 bits per heavy atom. The third kappa shape index (κ3) is 5.38. The van der Waals surface area contributed by atoms with Crippen molar-refractivity contribution < 1.29 is 14.7 Å². The third-order valence-electron chi connectivity index (χ3n) is 3.59. The van der Waals surface area contributed by atoms with Gasteiger partial charge >= 0.3 is 5.97 Å². The molecule has 0 aliphatic carbocycles. The first-order valence-electron chi connectivity index (χ1n) is 6.85. The normalized spacial score (nSPS) is 12.8. The van der Waals surface area contributed by atoms with E-state index in [2.05, 4.69) is 0 Å². The van der Waals surface area contributed by atoms with Crippen LogP contribution in [0, 0.1) is 5.41 Å². The molecule has 1 rings (SSSR count). The molecule has 21 heavy (non-hydrogen) atoms. The minimum absolute atomic E-state index is 0.0259. The topological polar surface area (TPSA) is 57.6 Å². The van der Waals surface area contributed by atoms with Gasteiger partial charge in [-0.25, -0.2) is 0 Å². The standard InChI is InChI=1S/C16H22ClNO3/c1-11(12-5-7-13(17)8-6-12)18(4)14(19)9-16(2,3)10-15(20)21/h5-8,11H,9-10H2,1-4H3,(H,20,21). The summed E-state index contributed by atoms with van der Waals surface area (Å²) < 4.78 is 0. The van der Waals surface area contributed by atoms with Gasteiger partial charge in [0.05, 0.1) is 12.5 Å². The highest BCUT2D eigenvalue weighted by molar-refractivity contribution is 6.30. The number of hydrogen-bond acceptors (Lipinski definition) is 2. The summed E-state index contributed by atoms with van der Waals surface area (Å²) in [5, 5.41) is 9.53. The lowest BCUT2D eigenvalue weighted by atomic mass is 9.85. The van der Waals surface area contributed by atoms with E-state index in [-0.39, 0.29) is 24.8 Å². The van der Waals surface area contributed by atoms with Gasteiger partial charge in [-0.1, -0.05) is 37.6 Å². The van der Waals surface area contributed by atoms with Crippen molar-refractivity contribution in [1.29, 1.82) is 0 Å². The van der Waals surface area contributed by atoms with E-state index in [0.717, 1.165) is 5.56 Å². The van der Waals surface area contributed by atoms with Gasteiger partial charge in [0, 0.05) is 18.5 Å². The molecule has 0 fully saturated rings. The Balaban J connectivity index is 2.73. The fraction of sp³-hybridized carbons (Fsp3) is 0.500. The number of halogens is 1. The number of nitrogens with zero attached hydrogens (tertiary/aromatic N) is 1. The molecule has 1 aromatic carbocycles. The second-order valence-corrected chi connectivity index (χ2v) is 6.58. The largest absolute Gasteiger partial charge is 0.481 e. The molecule has 0 saturated heterocycles. The first kappa shape index (κ1) is 17.5. The number of amides is 1. The van der Waals surface area contributed by atoms with E-state index in [9.17, 15) is 9.59 Å². The van der Waals surface area contributed by atoms with Gasteiger partial charge < -0.3 is 10.0 Å². The Morgan fingerprint density at radius 1 is 1.24 bits per heavy atom. The van der Waals surface area contributed by atoms with Crippen molar-refractivity contribution in [2.45, 2.75) is 39.7 Å². The quantitative estimate of drug-likeness (QED) is 0.870. The maximum Gasteiger partial charge on any atom is 0.303 e. The number of rotatable bonds is 6. The maximum absolute atomic E-state index is 12.3. The van der Waals surface area contributed by atoms with Crippen molar-refractivity contribution in [1.82, 2.24) is 4.90 Å². The first-order valence-corrected chi connectivity index (χ1v) is 7.23. The van der Waals surface area contributed by atoms with Crippen LogP contribution in [-0.2, 0) is 9.59 Å². The van der Waals surface area contributed by atoms with E-state index >= 15 is 0 Å². The molecule has 1 amide bonds. The van der Waals surface area contributed by atoms with Crippen LogP contribution in [0.4, 0.5) is 0 Å². The van der Waals surface area contributed by atoms with Crippen LogP contribution in [-0.4, -0.2) is 28.9 Å². The van der Waals surface area contributed by atoms with Gasteiger partial charge in [0.1, 0.15) is 0 Å². The van der Waals surface area contributed by atoms with Crippen LogP contribution in [0.3, 0.4) is 0 Å². The van der Waals surface area contributed by atoms with Crippen LogP contribution >= 0.6 is 11.6 Å². The molecule has 0 aliphatic heterocycles. The van der Waals surface area contributed by atoms with Gasteiger partial charge in [0.15, 0.2) is 0 Å². The van der Waals surface area contributed by atoms with Crippen molar-refractivity contribution in [3.8, 4) is 0 Å². The van der Waals surface area contributed by atoms with E-state index in [1.165, 1.54) is 0 Å². The van der Waals surface area contributed by atoms with Gasteiger partial charge in [0.2, 0.25) is 5.91 Å². The molecule has 116 valence electrons. The number of carboxylic acids is 1. The summed E-state index contributed by atoms with van der Waals surface area (Å²) in [5.74, 6) is -0.954. The minimum atomic E-state index is -0.888. The molecule has 0 aliphatic rings. The number of carboxylic acid groups (broad SMARTS) is 1. The summed E-state index contributed by atoms with van der Waals surface area (Å²) in [6.07, 6.45) is 0.176. The fourth-order valence-electron chi connectivity index (χ4n) is 2.19. The van der Waals surface area contributed by atoms with Crippen LogP contribution in [0.25, 0.3) is 0 Å². The highest BCUT2D eigenvalue weighted by atomic mass is 35.5. The molecule has 5 heteroatoms. The Labute approximate surface area is 130 Å². The number of carbonyl (C=O) groups is 2. The molecule has 0 radical (unpaired) electrons. The summed E-state index contributed by atoms with van der Waals surface area (Å²) in [6, 6.07) is 7.27. The van der Waals surface area contributed by atoms with E-state index < -0.39 is 11.4 Å². The van der Waals surface area contributed by atoms with Gasteiger partial charge in [-0.15, -0.1) is 0 Å². The Morgan fingerprint density at radius 3 is 2.24 bits per heavy atom. The summed E-state index contributed by atoms with van der Waals surface area (Å²) in [7, 11) is 1.73. The Kier molecular flexibility index (Phi) is 5.78. The highest BCUT2D eigenvalue weighted by Gasteiger charge is 2.28. The predicted molar refractivity (Wildman–Crippen MR) is 83.3 cm³/mol. The number of hydrogen-bond donors (Lipinski definition) is 1. The Bertz CT molecular complexity index is 511. The molecule has 0 heterocycles. The average molecular weight is 312 g/mol. The summed E-state index contributed by atoms with van der Waals surface area (Å²) >= 11 is 5.86. The lowest BCUT2D eigenvalue weighted by Gasteiger charge is -2.29. The molecule has 0 bridgehead atoms. The molecule has 1 unspecified atom stereocenters. The fourth-order valence-corrected chi connectivity index (χ4v) is 2.31.